The third kappa shape index (κ3) is 3.99. The van der Waals surface area contributed by atoms with Crippen molar-refractivity contribution in [3.63, 3.8) is 0 Å². The van der Waals surface area contributed by atoms with Gasteiger partial charge in [-0.15, -0.1) is 11.3 Å². The lowest BCUT2D eigenvalue weighted by Gasteiger charge is -2.11. The molecule has 3 aromatic heterocycles. The van der Waals surface area contributed by atoms with E-state index >= 15 is 0 Å². The molecule has 0 unspecified atom stereocenters. The van der Waals surface area contributed by atoms with E-state index in [0.717, 1.165) is 22.3 Å². The minimum atomic E-state index is -0.0374. The predicted molar refractivity (Wildman–Crippen MR) is 115 cm³/mol. The van der Waals surface area contributed by atoms with Gasteiger partial charge >= 0.3 is 0 Å². The van der Waals surface area contributed by atoms with Gasteiger partial charge in [-0.05, 0) is 43.7 Å². The van der Waals surface area contributed by atoms with Gasteiger partial charge in [-0.25, -0.2) is 0 Å². The lowest BCUT2D eigenvalue weighted by atomic mass is 10.1. The van der Waals surface area contributed by atoms with E-state index in [9.17, 15) is 4.79 Å². The summed E-state index contributed by atoms with van der Waals surface area (Å²) in [7, 11) is 0. The molecule has 4 rings (SSSR count). The van der Waals surface area contributed by atoms with Crippen LogP contribution >= 0.6 is 11.3 Å². The molecule has 0 saturated carbocycles. The minimum absolute atomic E-state index is 0.0374. The fourth-order valence-electron chi connectivity index (χ4n) is 3.46. The van der Waals surface area contributed by atoms with Crippen molar-refractivity contribution in [1.29, 1.82) is 0 Å². The smallest absolute Gasteiger partial charge is 0.267 e. The van der Waals surface area contributed by atoms with Crippen molar-refractivity contribution in [2.24, 2.45) is 0 Å². The van der Waals surface area contributed by atoms with Crippen LogP contribution in [0.3, 0.4) is 0 Å². The van der Waals surface area contributed by atoms with Gasteiger partial charge in [-0.2, -0.15) is 0 Å². The van der Waals surface area contributed by atoms with Crippen LogP contribution in [0.4, 0.5) is 0 Å². The average Bonchev–Trinajstić information content (AvgIpc) is 3.20. The molecule has 5 heteroatoms. The Morgan fingerprint density at radius 3 is 2.79 bits per heavy atom. The Morgan fingerprint density at radius 1 is 1.11 bits per heavy atom. The molecule has 0 aliphatic carbocycles. The number of amides is 1. The zero-order chi connectivity index (χ0) is 19.5. The third-order valence-electron chi connectivity index (χ3n) is 4.76. The molecule has 4 aromatic rings. The summed E-state index contributed by atoms with van der Waals surface area (Å²) in [5.41, 5.74) is 5.24. The highest BCUT2D eigenvalue weighted by molar-refractivity contribution is 7.19. The summed E-state index contributed by atoms with van der Waals surface area (Å²) in [6.45, 7) is 5.45. The number of benzene rings is 1. The Morgan fingerprint density at radius 2 is 2.00 bits per heavy atom. The molecule has 1 amide bonds. The van der Waals surface area contributed by atoms with Crippen molar-refractivity contribution in [2.75, 3.05) is 6.54 Å². The summed E-state index contributed by atoms with van der Waals surface area (Å²) < 4.78 is 3.28. The summed E-state index contributed by atoms with van der Waals surface area (Å²) >= 11 is 1.73. The maximum absolute atomic E-state index is 12.9. The maximum Gasteiger partial charge on any atom is 0.267 e. The number of carbonyl (C=O) groups excluding carboxylic acids is 1. The van der Waals surface area contributed by atoms with Crippen molar-refractivity contribution in [1.82, 2.24) is 14.9 Å². The first kappa shape index (κ1) is 18.4. The molecule has 1 N–H and O–H groups in total. The van der Waals surface area contributed by atoms with Gasteiger partial charge in [0.2, 0.25) is 0 Å². The van der Waals surface area contributed by atoms with Crippen LogP contribution in [-0.4, -0.2) is 22.0 Å². The Hall–Kier alpha value is -2.92. The van der Waals surface area contributed by atoms with E-state index in [4.69, 9.17) is 0 Å². The van der Waals surface area contributed by atoms with Crippen LogP contribution in [-0.2, 0) is 13.0 Å². The van der Waals surface area contributed by atoms with Crippen LogP contribution < -0.4 is 5.32 Å². The van der Waals surface area contributed by atoms with Crippen molar-refractivity contribution in [3.05, 3.63) is 88.2 Å². The first-order valence-corrected chi connectivity index (χ1v) is 10.2. The summed E-state index contributed by atoms with van der Waals surface area (Å²) in [6, 6.07) is 18.5. The van der Waals surface area contributed by atoms with Crippen molar-refractivity contribution >= 4 is 27.5 Å². The van der Waals surface area contributed by atoms with Gasteiger partial charge in [0.25, 0.3) is 5.91 Å². The Balaban J connectivity index is 1.57. The van der Waals surface area contributed by atoms with Gasteiger partial charge in [0, 0.05) is 36.3 Å². The quantitative estimate of drug-likeness (QED) is 0.518. The third-order valence-corrected chi connectivity index (χ3v) is 5.75. The molecule has 0 aliphatic rings. The van der Waals surface area contributed by atoms with Crippen molar-refractivity contribution < 1.29 is 4.79 Å². The molecule has 4 nitrogen and oxygen atoms in total. The fourth-order valence-corrected chi connectivity index (χ4v) is 4.42. The van der Waals surface area contributed by atoms with E-state index in [0.29, 0.717) is 18.8 Å². The largest absolute Gasteiger partial charge is 0.350 e. The van der Waals surface area contributed by atoms with Crippen LogP contribution in [0.25, 0.3) is 10.2 Å². The zero-order valence-corrected chi connectivity index (χ0v) is 16.9. The highest BCUT2D eigenvalue weighted by Crippen LogP contribution is 2.29. The molecule has 0 atom stereocenters. The molecular formula is C23H23N3OS. The Labute approximate surface area is 168 Å². The summed E-state index contributed by atoms with van der Waals surface area (Å²) in [6.07, 6.45) is 2.50. The minimum Gasteiger partial charge on any atom is -0.350 e. The summed E-state index contributed by atoms with van der Waals surface area (Å²) in [5.74, 6) is -0.0374. The number of rotatable bonds is 6. The number of nitrogens with one attached hydrogen (secondary N) is 1. The number of aromatic nitrogens is 2. The average molecular weight is 390 g/mol. The zero-order valence-electron chi connectivity index (χ0n) is 16.1. The lowest BCUT2D eigenvalue weighted by Crippen LogP contribution is -2.28. The molecule has 0 radical (unpaired) electrons. The number of hydrogen-bond donors (Lipinski definition) is 1. The van der Waals surface area contributed by atoms with Crippen LogP contribution in [0.5, 0.6) is 0 Å². The second-order valence-electron chi connectivity index (χ2n) is 7.04. The van der Waals surface area contributed by atoms with Crippen LogP contribution in [0.1, 0.15) is 32.2 Å². The van der Waals surface area contributed by atoms with Gasteiger partial charge in [0.05, 0.1) is 10.2 Å². The number of hydrogen-bond acceptors (Lipinski definition) is 3. The number of aryl methyl sites for hydroxylation is 2. The molecular weight excluding hydrogens is 366 g/mol. The molecule has 0 bridgehead atoms. The van der Waals surface area contributed by atoms with Crippen LogP contribution in [0.2, 0.25) is 0 Å². The van der Waals surface area contributed by atoms with Gasteiger partial charge < -0.3 is 9.88 Å². The molecule has 0 spiro atoms. The first-order valence-electron chi connectivity index (χ1n) is 9.43. The highest BCUT2D eigenvalue weighted by Gasteiger charge is 2.17. The summed E-state index contributed by atoms with van der Waals surface area (Å²) in [4.78, 5) is 18.5. The van der Waals surface area contributed by atoms with Gasteiger partial charge in [0.1, 0.15) is 5.69 Å². The van der Waals surface area contributed by atoms with E-state index in [1.54, 1.807) is 17.5 Å². The fraction of sp³-hybridized carbons (Fsp3) is 0.217. The number of nitrogens with zero attached hydrogens (tertiary/aromatic N) is 2. The van der Waals surface area contributed by atoms with Crippen molar-refractivity contribution in [2.45, 2.75) is 26.8 Å². The standard InChI is InChI=1S/C23H23N3OS/c1-16-6-5-7-18(12-16)15-26-20-13-17(2)28-22(20)14-21(26)23(27)25-11-9-19-8-3-4-10-24-19/h3-8,10,12-14H,9,11,15H2,1-2H3,(H,25,27). The molecule has 0 saturated heterocycles. The SMILES string of the molecule is Cc1cccc(Cn2c(C(=O)NCCc3ccccn3)cc3sc(C)cc32)c1. The second-order valence-corrected chi connectivity index (χ2v) is 8.33. The van der Waals surface area contributed by atoms with E-state index in [-0.39, 0.29) is 5.91 Å². The highest BCUT2D eigenvalue weighted by atomic mass is 32.1. The molecule has 3 heterocycles. The predicted octanol–water partition coefficient (Wildman–Crippen LogP) is 4.74. The van der Waals surface area contributed by atoms with E-state index in [1.807, 2.05) is 24.3 Å². The van der Waals surface area contributed by atoms with E-state index in [2.05, 4.69) is 59.0 Å². The number of pyridine rings is 1. The van der Waals surface area contributed by atoms with Crippen LogP contribution in [0.15, 0.2) is 60.8 Å². The molecule has 28 heavy (non-hydrogen) atoms. The first-order chi connectivity index (χ1) is 13.6. The monoisotopic (exact) mass is 389 g/mol. The van der Waals surface area contributed by atoms with Crippen molar-refractivity contribution in [3.8, 4) is 0 Å². The molecule has 142 valence electrons. The number of carbonyl (C=O) groups is 1. The van der Waals surface area contributed by atoms with Gasteiger partial charge in [0.15, 0.2) is 0 Å². The van der Waals surface area contributed by atoms with E-state index < -0.39 is 0 Å². The number of fused-ring (bicyclic) bond motifs is 1. The molecule has 0 aliphatic heterocycles. The second kappa shape index (κ2) is 7.98. The Bertz CT molecular complexity index is 1110. The number of thiophene rings is 1. The van der Waals surface area contributed by atoms with Gasteiger partial charge in [-0.1, -0.05) is 35.9 Å². The van der Waals surface area contributed by atoms with Crippen LogP contribution in [0, 0.1) is 13.8 Å². The topological polar surface area (TPSA) is 46.9 Å². The molecule has 1 aromatic carbocycles. The summed E-state index contributed by atoms with van der Waals surface area (Å²) in [5, 5.41) is 3.06. The lowest BCUT2D eigenvalue weighted by molar-refractivity contribution is 0.0945. The maximum atomic E-state index is 12.9. The molecule has 0 fully saturated rings. The Kier molecular flexibility index (Phi) is 5.26. The normalized spacial score (nSPS) is 11.1. The van der Waals surface area contributed by atoms with E-state index in [1.165, 1.54) is 16.0 Å². The van der Waals surface area contributed by atoms with Gasteiger partial charge in [-0.3, -0.25) is 9.78 Å².